The van der Waals surface area contributed by atoms with E-state index in [1.54, 1.807) is 72.5 Å². The molecule has 0 spiro atoms. The van der Waals surface area contributed by atoms with Crippen LogP contribution < -0.4 is 30.7 Å². The summed E-state index contributed by atoms with van der Waals surface area (Å²) in [6.45, 7) is 0. The predicted molar refractivity (Wildman–Crippen MR) is 213 cm³/mol. The molecule has 0 radical (unpaired) electrons. The van der Waals surface area contributed by atoms with Gasteiger partial charge in [0, 0.05) is 57.5 Å². The van der Waals surface area contributed by atoms with Crippen LogP contribution in [0.4, 0.5) is 34.4 Å². The van der Waals surface area contributed by atoms with Crippen molar-refractivity contribution in [1.29, 1.82) is 0 Å². The number of rotatable bonds is 14. The van der Waals surface area contributed by atoms with Crippen LogP contribution in [0.15, 0.2) is 61.2 Å². The van der Waals surface area contributed by atoms with Gasteiger partial charge in [-0.15, -0.1) is 20.4 Å². The molecule has 2 aromatic carbocycles. The molecule has 4 heterocycles. The van der Waals surface area contributed by atoms with Crippen LogP contribution in [0.2, 0.25) is 0 Å². The molecular formula is C38H38N14O8Zn. The Bertz CT molecular complexity index is 2430. The zero-order valence-corrected chi connectivity index (χ0v) is 36.2. The van der Waals surface area contributed by atoms with Gasteiger partial charge in [0.25, 0.3) is 0 Å². The molecule has 6 aromatic rings. The van der Waals surface area contributed by atoms with E-state index in [4.69, 9.17) is 9.47 Å². The van der Waals surface area contributed by atoms with Crippen LogP contribution in [0, 0.1) is 11.8 Å². The molecular weight excluding hydrogens is 846 g/mol. The first-order chi connectivity index (χ1) is 28.9. The Morgan fingerprint density at radius 3 is 1.33 bits per heavy atom. The predicted octanol–water partition coefficient (Wildman–Crippen LogP) is 4.14. The summed E-state index contributed by atoms with van der Waals surface area (Å²) in [4.78, 5) is 55.8. The number of nitrogens with zero attached hydrogens (tertiary/aromatic N) is 10. The number of anilines is 6. The number of amides is 2. The molecule has 61 heavy (non-hydrogen) atoms. The molecule has 0 atom stereocenters. The number of ether oxygens (including phenoxy) is 2. The molecule has 2 aliphatic rings. The maximum atomic E-state index is 12.0. The van der Waals surface area contributed by atoms with Crippen molar-refractivity contribution in [2.45, 2.75) is 25.7 Å². The third-order valence-electron chi connectivity index (χ3n) is 9.05. The van der Waals surface area contributed by atoms with Gasteiger partial charge in [-0.25, -0.2) is 19.6 Å². The molecule has 8 rings (SSSR count). The maximum absolute atomic E-state index is 12.0. The zero-order chi connectivity index (χ0) is 42.5. The molecule has 23 heteroatoms. The van der Waals surface area contributed by atoms with E-state index in [9.17, 15) is 29.4 Å². The van der Waals surface area contributed by atoms with E-state index in [-0.39, 0.29) is 77.5 Å². The van der Waals surface area contributed by atoms with E-state index in [2.05, 4.69) is 61.8 Å². The van der Waals surface area contributed by atoms with Crippen molar-refractivity contribution in [3.8, 4) is 34.3 Å². The molecule has 0 unspecified atom stereocenters. The summed E-state index contributed by atoms with van der Waals surface area (Å²) in [6.07, 6.45) is 6.48. The second-order valence-corrected chi connectivity index (χ2v) is 13.6. The van der Waals surface area contributed by atoms with Gasteiger partial charge in [0.05, 0.1) is 48.1 Å². The number of hydrogen-bond donors (Lipinski definition) is 6. The van der Waals surface area contributed by atoms with E-state index in [1.165, 1.54) is 26.4 Å². The molecule has 0 bridgehead atoms. The molecule has 4 aromatic heterocycles. The van der Waals surface area contributed by atoms with Crippen molar-refractivity contribution >= 4 is 58.1 Å². The topological polar surface area (TPSA) is 288 Å². The summed E-state index contributed by atoms with van der Waals surface area (Å²) in [6, 6.07) is 13.4. The number of methoxy groups -OCH3 is 2. The van der Waals surface area contributed by atoms with Crippen LogP contribution in [0.1, 0.15) is 46.7 Å². The Morgan fingerprint density at radius 2 is 1.02 bits per heavy atom. The largest absolute Gasteiger partial charge is 0.494 e. The Labute approximate surface area is 359 Å². The van der Waals surface area contributed by atoms with Crippen LogP contribution in [-0.2, 0) is 43.2 Å². The number of benzene rings is 2. The molecule has 310 valence electrons. The second-order valence-electron chi connectivity index (χ2n) is 13.6. The molecule has 6 N–H and O–H groups in total. The summed E-state index contributed by atoms with van der Waals surface area (Å²) in [5.41, 5.74) is 1.97. The van der Waals surface area contributed by atoms with Gasteiger partial charge in [-0.2, -0.15) is 10.2 Å². The van der Waals surface area contributed by atoms with Crippen molar-refractivity contribution in [2.75, 3.05) is 35.5 Å². The van der Waals surface area contributed by atoms with Crippen molar-refractivity contribution in [3.63, 3.8) is 0 Å². The fourth-order valence-corrected chi connectivity index (χ4v) is 5.84. The quantitative estimate of drug-likeness (QED) is 0.0838. The van der Waals surface area contributed by atoms with Crippen molar-refractivity contribution < 1.29 is 58.3 Å². The summed E-state index contributed by atoms with van der Waals surface area (Å²) < 4.78 is 14.2. The van der Waals surface area contributed by atoms with Crippen LogP contribution in [-0.4, -0.2) is 98.1 Å². The fourth-order valence-electron chi connectivity index (χ4n) is 5.84. The first-order valence-electron chi connectivity index (χ1n) is 18.4. The van der Waals surface area contributed by atoms with Crippen molar-refractivity contribution in [3.05, 3.63) is 72.6 Å². The monoisotopic (exact) mass is 882 g/mol. The summed E-state index contributed by atoms with van der Waals surface area (Å²) in [5, 5.41) is 54.1. The zero-order valence-electron chi connectivity index (χ0n) is 33.3. The van der Waals surface area contributed by atoms with E-state index in [1.807, 2.05) is 0 Å². The Balaban J connectivity index is 0.000000201. The van der Waals surface area contributed by atoms with Gasteiger partial charge >= 0.3 is 11.9 Å². The fraction of sp³-hybridized carbons (Fsp3) is 0.263. The average molecular weight is 884 g/mol. The molecule has 2 amide bonds. The van der Waals surface area contributed by atoms with E-state index in [0.29, 0.717) is 45.6 Å². The van der Waals surface area contributed by atoms with Gasteiger partial charge in [-0.05, 0) is 49.9 Å². The maximum Gasteiger partial charge on any atom is 0.358 e. The normalized spacial score (nSPS) is 12.8. The third kappa shape index (κ3) is 10.2. The standard InChI is InChI=1S/2C19H19N7O4.Zn/c2*1-26-9-20-17(25-26)11-4-3-5-12(16(11)30-2)21-13-8-14(22-18(27)10-6-7-10)23-24-15(13)19(28)29;/h2*3-5,8-10H,6-7H2,1-2H3,(H,28,29)(H2,21,22,23,27);. The van der Waals surface area contributed by atoms with Crippen molar-refractivity contribution in [1.82, 2.24) is 49.9 Å². The number of aromatic carboxylic acids is 2. The van der Waals surface area contributed by atoms with Gasteiger partial charge in [-0.1, -0.05) is 12.1 Å². The number of aryl methyl sites for hydroxylation is 2. The van der Waals surface area contributed by atoms with E-state index < -0.39 is 11.9 Å². The molecule has 0 saturated heterocycles. The Hall–Kier alpha value is -7.42. The van der Waals surface area contributed by atoms with Crippen LogP contribution in [0.5, 0.6) is 11.5 Å². The number of hydrogen-bond acceptors (Lipinski definition) is 16. The van der Waals surface area contributed by atoms with E-state index >= 15 is 0 Å². The minimum absolute atomic E-state index is 0. The number of para-hydroxylation sites is 2. The number of carboxylic acids is 2. The number of nitrogens with one attached hydrogen (secondary N) is 4. The van der Waals surface area contributed by atoms with Gasteiger partial charge in [0.15, 0.2) is 46.2 Å². The number of aromatic nitrogens is 10. The average Bonchev–Trinajstić information content (AvgIpc) is 4.17. The SMILES string of the molecule is COc1c(Nc2cc(NC(=O)C3CC3)nnc2C(=O)O)cccc1-c1ncn(C)n1.COc1c(Nc2cc(NC(=O)C3CC3)nnc2C(=O)O)cccc1-c1ncn(C)n1.[Zn]. The summed E-state index contributed by atoms with van der Waals surface area (Å²) in [7, 11) is 6.50. The third-order valence-corrected chi connectivity index (χ3v) is 9.05. The van der Waals surface area contributed by atoms with Crippen LogP contribution >= 0.6 is 0 Å². The first kappa shape index (κ1) is 43.2. The first-order valence-corrected chi connectivity index (χ1v) is 18.4. The summed E-state index contributed by atoms with van der Waals surface area (Å²) >= 11 is 0. The van der Waals surface area contributed by atoms with Gasteiger partial charge in [0.1, 0.15) is 12.7 Å². The number of carbonyl (C=O) groups is 4. The smallest absolute Gasteiger partial charge is 0.358 e. The number of carboxylic acid groups (broad SMARTS) is 2. The second kappa shape index (κ2) is 18.7. The minimum Gasteiger partial charge on any atom is -0.494 e. The molecule has 2 aliphatic carbocycles. The molecule has 2 fully saturated rings. The number of carbonyl (C=O) groups excluding carboxylic acids is 2. The van der Waals surface area contributed by atoms with Crippen LogP contribution in [0.3, 0.4) is 0 Å². The molecule has 0 aliphatic heterocycles. The van der Waals surface area contributed by atoms with Gasteiger partial charge in [-0.3, -0.25) is 19.0 Å². The minimum atomic E-state index is -1.26. The molecule has 2 saturated carbocycles. The van der Waals surface area contributed by atoms with E-state index in [0.717, 1.165) is 25.7 Å². The van der Waals surface area contributed by atoms with Crippen molar-refractivity contribution in [2.24, 2.45) is 25.9 Å². The molecule has 22 nitrogen and oxygen atoms in total. The van der Waals surface area contributed by atoms with Gasteiger partial charge in [0.2, 0.25) is 11.8 Å². The Morgan fingerprint density at radius 1 is 0.623 bits per heavy atom. The Kier molecular flexibility index (Phi) is 13.2. The van der Waals surface area contributed by atoms with Crippen LogP contribution in [0.25, 0.3) is 22.8 Å². The summed E-state index contributed by atoms with van der Waals surface area (Å²) in [5.74, 6) is -0.752. The van der Waals surface area contributed by atoms with Gasteiger partial charge < -0.3 is 41.0 Å².